The Morgan fingerprint density at radius 1 is 1.04 bits per heavy atom. The molecule has 0 rings (SSSR count). The van der Waals surface area contributed by atoms with Crippen LogP contribution in [0.5, 0.6) is 0 Å². The normalized spacial score (nSPS) is 13.7. The molecule has 0 aromatic carbocycles. The van der Waals surface area contributed by atoms with E-state index in [2.05, 4.69) is 5.32 Å². The minimum Gasteiger partial charge on any atom is -0.465 e. The lowest BCUT2D eigenvalue weighted by atomic mass is 9.86. The van der Waals surface area contributed by atoms with Gasteiger partial charge in [-0.3, -0.25) is 9.59 Å². The van der Waals surface area contributed by atoms with Gasteiger partial charge < -0.3 is 19.5 Å². The first kappa shape index (κ1) is 24.6. The minimum atomic E-state index is -1.10. The third kappa shape index (κ3) is 9.31. The monoisotopic (exact) mass is 391 g/mol. The lowest BCUT2D eigenvalue weighted by molar-refractivity contribution is -0.164. The molecule has 7 nitrogen and oxygen atoms in total. The molecule has 0 saturated heterocycles. The summed E-state index contributed by atoms with van der Waals surface area (Å²) in [5, 5.41) is 2.79. The summed E-state index contributed by atoms with van der Waals surface area (Å²) in [7, 11) is 0. The molecule has 1 N–H and O–H groups in total. The van der Waals surface area contributed by atoms with E-state index in [0.717, 1.165) is 5.75 Å². The van der Waals surface area contributed by atoms with Crippen LogP contribution in [0.3, 0.4) is 0 Å². The summed E-state index contributed by atoms with van der Waals surface area (Å²) < 4.78 is 15.4. The summed E-state index contributed by atoms with van der Waals surface area (Å²) >= 11 is 1.61. The molecule has 1 amide bonds. The first-order valence-electron chi connectivity index (χ1n) is 8.89. The molecule has 0 bridgehead atoms. The Morgan fingerprint density at radius 2 is 1.54 bits per heavy atom. The van der Waals surface area contributed by atoms with E-state index < -0.39 is 41.5 Å². The summed E-state index contributed by atoms with van der Waals surface area (Å²) in [6.07, 6.45) is 1.95. The maximum atomic E-state index is 12.3. The van der Waals surface area contributed by atoms with Gasteiger partial charge in [0, 0.05) is 12.0 Å². The van der Waals surface area contributed by atoms with Crippen molar-refractivity contribution < 1.29 is 28.6 Å². The maximum Gasteiger partial charge on any atom is 0.407 e. The van der Waals surface area contributed by atoms with Gasteiger partial charge >= 0.3 is 18.0 Å². The van der Waals surface area contributed by atoms with Crippen LogP contribution >= 0.6 is 11.8 Å². The maximum absolute atomic E-state index is 12.3. The largest absolute Gasteiger partial charge is 0.465 e. The molecule has 0 radical (unpaired) electrons. The Bertz CT molecular complexity index is 445. The zero-order valence-corrected chi connectivity index (χ0v) is 17.7. The van der Waals surface area contributed by atoms with Crippen molar-refractivity contribution in [3.8, 4) is 0 Å². The summed E-state index contributed by atoms with van der Waals surface area (Å²) in [5.74, 6) is -2.13. The average Bonchev–Trinajstić information content (AvgIpc) is 2.50. The molecule has 0 saturated carbocycles. The first-order chi connectivity index (χ1) is 12.1. The van der Waals surface area contributed by atoms with Gasteiger partial charge in [0.15, 0.2) is 5.92 Å². The standard InChI is InChI=1S/C18H33NO6S/c1-8-23-15(20)14(16(21)24-9-2)12(3)13(10-11-26-7)19-17(22)25-18(4,5)6/h12-14H,8-11H2,1-7H3,(H,19,22). The molecule has 8 heteroatoms. The SMILES string of the molecule is CCOC(=O)C(C(=O)OCC)C(C)C(CCSC)NC(=O)OC(C)(C)C. The van der Waals surface area contributed by atoms with E-state index in [4.69, 9.17) is 14.2 Å². The van der Waals surface area contributed by atoms with E-state index in [-0.39, 0.29) is 13.2 Å². The molecular formula is C18H33NO6S. The number of ether oxygens (including phenoxy) is 3. The van der Waals surface area contributed by atoms with Gasteiger partial charge in [-0.05, 0) is 53.0 Å². The van der Waals surface area contributed by atoms with Crippen molar-refractivity contribution in [1.82, 2.24) is 5.32 Å². The molecule has 0 spiro atoms. The molecular weight excluding hydrogens is 358 g/mol. The zero-order valence-electron chi connectivity index (χ0n) is 16.9. The second-order valence-electron chi connectivity index (χ2n) is 6.88. The lowest BCUT2D eigenvalue weighted by Crippen LogP contribution is -2.48. The highest BCUT2D eigenvalue weighted by Gasteiger charge is 2.39. The zero-order chi connectivity index (χ0) is 20.3. The van der Waals surface area contributed by atoms with Gasteiger partial charge in [-0.1, -0.05) is 6.92 Å². The van der Waals surface area contributed by atoms with Crippen LogP contribution in [-0.2, 0) is 23.8 Å². The molecule has 26 heavy (non-hydrogen) atoms. The van der Waals surface area contributed by atoms with Gasteiger partial charge in [-0.2, -0.15) is 11.8 Å². The number of alkyl carbamates (subject to hydrolysis) is 1. The number of carbonyl (C=O) groups is 3. The van der Waals surface area contributed by atoms with Crippen molar-refractivity contribution in [2.75, 3.05) is 25.2 Å². The van der Waals surface area contributed by atoms with Crippen LogP contribution in [0.4, 0.5) is 4.79 Å². The number of hydrogen-bond acceptors (Lipinski definition) is 7. The summed E-state index contributed by atoms with van der Waals surface area (Å²) in [4.78, 5) is 36.8. The molecule has 0 aliphatic carbocycles. The predicted octanol–water partition coefficient (Wildman–Crippen LogP) is 3.01. The third-order valence-electron chi connectivity index (χ3n) is 3.58. The number of rotatable bonds is 10. The molecule has 0 fully saturated rings. The van der Waals surface area contributed by atoms with Gasteiger partial charge in [0.1, 0.15) is 5.60 Å². The van der Waals surface area contributed by atoms with Gasteiger partial charge in [0.2, 0.25) is 0 Å². The molecule has 152 valence electrons. The average molecular weight is 392 g/mol. The van der Waals surface area contributed by atoms with Crippen LogP contribution in [0.1, 0.15) is 48.0 Å². The molecule has 0 aromatic heterocycles. The van der Waals surface area contributed by atoms with Crippen LogP contribution in [0.15, 0.2) is 0 Å². The summed E-state index contributed by atoms with van der Waals surface area (Å²) in [6.45, 7) is 10.7. The highest BCUT2D eigenvalue weighted by molar-refractivity contribution is 7.98. The number of amides is 1. The fourth-order valence-corrected chi connectivity index (χ4v) is 2.88. The van der Waals surface area contributed by atoms with E-state index in [0.29, 0.717) is 6.42 Å². The van der Waals surface area contributed by atoms with Gasteiger partial charge in [-0.25, -0.2) is 4.79 Å². The van der Waals surface area contributed by atoms with Crippen LogP contribution in [0.2, 0.25) is 0 Å². The Kier molecular flexibility index (Phi) is 11.4. The first-order valence-corrected chi connectivity index (χ1v) is 10.3. The van der Waals surface area contributed by atoms with Crippen molar-refractivity contribution >= 4 is 29.8 Å². The Balaban J connectivity index is 5.39. The van der Waals surface area contributed by atoms with Crippen LogP contribution in [-0.4, -0.2) is 54.9 Å². The van der Waals surface area contributed by atoms with Crippen molar-refractivity contribution in [2.45, 2.75) is 59.6 Å². The Hall–Kier alpha value is -1.44. The third-order valence-corrected chi connectivity index (χ3v) is 4.22. The number of esters is 2. The smallest absolute Gasteiger partial charge is 0.407 e. The quantitative estimate of drug-likeness (QED) is 0.348. The predicted molar refractivity (Wildman–Crippen MR) is 102 cm³/mol. The molecule has 2 atom stereocenters. The molecule has 0 heterocycles. The van der Waals surface area contributed by atoms with Gasteiger partial charge in [-0.15, -0.1) is 0 Å². The second kappa shape index (κ2) is 12.0. The van der Waals surface area contributed by atoms with Crippen molar-refractivity contribution in [2.24, 2.45) is 11.8 Å². The Morgan fingerprint density at radius 3 is 1.92 bits per heavy atom. The molecule has 2 unspecified atom stereocenters. The van der Waals surface area contributed by atoms with Crippen molar-refractivity contribution in [1.29, 1.82) is 0 Å². The number of nitrogens with one attached hydrogen (secondary N) is 1. The van der Waals surface area contributed by atoms with Gasteiger partial charge in [0.25, 0.3) is 0 Å². The van der Waals surface area contributed by atoms with Crippen molar-refractivity contribution in [3.63, 3.8) is 0 Å². The summed E-state index contributed by atoms with van der Waals surface area (Å²) in [6, 6.07) is -0.434. The van der Waals surface area contributed by atoms with E-state index >= 15 is 0 Å². The lowest BCUT2D eigenvalue weighted by Gasteiger charge is -2.30. The van der Waals surface area contributed by atoms with E-state index in [1.807, 2.05) is 6.26 Å². The van der Waals surface area contributed by atoms with Crippen molar-refractivity contribution in [3.05, 3.63) is 0 Å². The van der Waals surface area contributed by atoms with Crippen LogP contribution in [0, 0.1) is 11.8 Å². The second-order valence-corrected chi connectivity index (χ2v) is 7.86. The van der Waals surface area contributed by atoms with Crippen LogP contribution < -0.4 is 5.32 Å². The van der Waals surface area contributed by atoms with E-state index in [1.54, 1.807) is 53.3 Å². The summed E-state index contributed by atoms with van der Waals surface area (Å²) in [5.41, 5.74) is -0.640. The van der Waals surface area contributed by atoms with E-state index in [9.17, 15) is 14.4 Å². The number of hydrogen-bond donors (Lipinski definition) is 1. The van der Waals surface area contributed by atoms with Crippen LogP contribution in [0.25, 0.3) is 0 Å². The molecule has 0 aliphatic heterocycles. The van der Waals surface area contributed by atoms with E-state index in [1.165, 1.54) is 0 Å². The fourth-order valence-electron chi connectivity index (χ4n) is 2.39. The highest BCUT2D eigenvalue weighted by atomic mass is 32.2. The highest BCUT2D eigenvalue weighted by Crippen LogP contribution is 2.23. The number of carbonyl (C=O) groups excluding carboxylic acids is 3. The topological polar surface area (TPSA) is 90.9 Å². The number of thioether (sulfide) groups is 1. The fraction of sp³-hybridized carbons (Fsp3) is 0.833. The minimum absolute atomic E-state index is 0.163. The van der Waals surface area contributed by atoms with Gasteiger partial charge in [0.05, 0.1) is 13.2 Å². The Labute approximate surface area is 160 Å². The molecule has 0 aliphatic rings. The molecule has 0 aromatic rings.